The van der Waals surface area contributed by atoms with Crippen molar-refractivity contribution >= 4 is 12.4 Å². The van der Waals surface area contributed by atoms with Gasteiger partial charge in [0.25, 0.3) is 0 Å². The van der Waals surface area contributed by atoms with Gasteiger partial charge in [-0.2, -0.15) is 0 Å². The summed E-state index contributed by atoms with van der Waals surface area (Å²) in [4.78, 5) is 0. The molecule has 4 heteroatoms. The third-order valence-corrected chi connectivity index (χ3v) is 2.68. The van der Waals surface area contributed by atoms with Gasteiger partial charge in [-0.15, -0.1) is 12.4 Å². The Morgan fingerprint density at radius 1 is 1.64 bits per heavy atom. The van der Waals surface area contributed by atoms with E-state index in [0.29, 0.717) is 5.92 Å². The van der Waals surface area contributed by atoms with E-state index in [2.05, 4.69) is 5.32 Å². The van der Waals surface area contributed by atoms with Crippen LogP contribution in [-0.2, 0) is 4.74 Å². The van der Waals surface area contributed by atoms with Crippen molar-refractivity contribution in [3.05, 3.63) is 0 Å². The summed E-state index contributed by atoms with van der Waals surface area (Å²) in [5.41, 5.74) is -0.208. The molecule has 0 bridgehead atoms. The van der Waals surface area contributed by atoms with E-state index in [4.69, 9.17) is 9.84 Å². The van der Waals surface area contributed by atoms with Crippen molar-refractivity contribution in [1.29, 1.82) is 0 Å². The molecule has 2 fully saturated rings. The molecule has 2 N–H and O–H groups in total. The summed E-state index contributed by atoms with van der Waals surface area (Å²) in [7, 11) is 0. The second-order valence-electron chi connectivity index (χ2n) is 3.19. The van der Waals surface area contributed by atoms with Crippen molar-refractivity contribution in [2.45, 2.75) is 12.0 Å². The summed E-state index contributed by atoms with van der Waals surface area (Å²) < 4.78 is 5.50. The van der Waals surface area contributed by atoms with Crippen LogP contribution in [0.1, 0.15) is 6.42 Å². The topological polar surface area (TPSA) is 41.5 Å². The second kappa shape index (κ2) is 3.27. The van der Waals surface area contributed by atoms with Crippen LogP contribution in [-0.4, -0.2) is 37.0 Å². The molecule has 0 aliphatic carbocycles. The van der Waals surface area contributed by atoms with Crippen LogP contribution in [0.15, 0.2) is 0 Å². The van der Waals surface area contributed by atoms with Gasteiger partial charge in [-0.05, 0) is 6.42 Å². The predicted molar refractivity (Wildman–Crippen MR) is 44.0 cm³/mol. The Kier molecular flexibility index (Phi) is 2.75. The van der Waals surface area contributed by atoms with Gasteiger partial charge < -0.3 is 15.2 Å². The Balaban J connectivity index is 0.000000605. The minimum absolute atomic E-state index is 0. The minimum atomic E-state index is -0.208. The number of nitrogens with one attached hydrogen (secondary N) is 1. The maximum Gasteiger partial charge on any atom is 0.108 e. The van der Waals surface area contributed by atoms with Crippen LogP contribution in [0.25, 0.3) is 0 Å². The highest BCUT2D eigenvalue weighted by atomic mass is 35.5. The number of hydrogen-bond acceptors (Lipinski definition) is 3. The predicted octanol–water partition coefficient (Wildman–Crippen LogP) is -0.221. The van der Waals surface area contributed by atoms with Gasteiger partial charge in [-0.25, -0.2) is 0 Å². The number of hydrogen-bond donors (Lipinski definition) is 2. The second-order valence-corrected chi connectivity index (χ2v) is 3.19. The zero-order valence-corrected chi connectivity index (χ0v) is 7.19. The van der Waals surface area contributed by atoms with Crippen LogP contribution < -0.4 is 5.32 Å². The first kappa shape index (κ1) is 9.26. The van der Waals surface area contributed by atoms with Gasteiger partial charge in [0.1, 0.15) is 5.60 Å². The molecule has 2 heterocycles. The summed E-state index contributed by atoms with van der Waals surface area (Å²) in [6, 6.07) is 0. The first-order valence-corrected chi connectivity index (χ1v) is 3.83. The summed E-state index contributed by atoms with van der Waals surface area (Å²) in [6.07, 6.45) is 1.10. The van der Waals surface area contributed by atoms with Crippen LogP contribution in [0.4, 0.5) is 0 Å². The zero-order chi connectivity index (χ0) is 7.03. The van der Waals surface area contributed by atoms with E-state index in [0.717, 1.165) is 26.1 Å². The van der Waals surface area contributed by atoms with Crippen LogP contribution in [0.3, 0.4) is 0 Å². The fraction of sp³-hybridized carbons (Fsp3) is 1.00. The maximum absolute atomic E-state index is 9.06. The number of fused-ring (bicyclic) bond motifs is 1. The van der Waals surface area contributed by atoms with Gasteiger partial charge in [0.2, 0.25) is 0 Å². The Bertz CT molecular complexity index is 132. The van der Waals surface area contributed by atoms with E-state index in [9.17, 15) is 0 Å². The molecule has 0 radical (unpaired) electrons. The molecule has 3 nitrogen and oxygen atoms in total. The Morgan fingerprint density at radius 3 is 3.09 bits per heavy atom. The Labute approximate surface area is 72.5 Å². The lowest BCUT2D eigenvalue weighted by atomic mass is 9.92. The first-order chi connectivity index (χ1) is 4.87. The van der Waals surface area contributed by atoms with Crippen molar-refractivity contribution in [1.82, 2.24) is 5.32 Å². The lowest BCUT2D eigenvalue weighted by molar-refractivity contribution is -0.0392. The number of aliphatic hydroxyl groups excluding tert-OH is 1. The molecule has 0 aromatic rings. The molecule has 0 aromatic carbocycles. The number of ether oxygens (including phenoxy) is 1. The van der Waals surface area contributed by atoms with Gasteiger partial charge in [0.05, 0.1) is 6.61 Å². The molecule has 0 unspecified atom stereocenters. The molecule has 2 aliphatic heterocycles. The van der Waals surface area contributed by atoms with E-state index < -0.39 is 0 Å². The standard InChI is InChI=1S/C7H13NO2.ClH/c9-5-7-4-8-3-6(7)1-2-10-7;/h6,8-9H,1-5H2;1H/t6-,7-;/m1./s1. The fourth-order valence-corrected chi connectivity index (χ4v) is 1.96. The highest BCUT2D eigenvalue weighted by Crippen LogP contribution is 2.34. The van der Waals surface area contributed by atoms with E-state index in [1.165, 1.54) is 0 Å². The van der Waals surface area contributed by atoms with Gasteiger partial charge in [0, 0.05) is 25.6 Å². The molecule has 0 spiro atoms. The Morgan fingerprint density at radius 2 is 2.45 bits per heavy atom. The van der Waals surface area contributed by atoms with E-state index >= 15 is 0 Å². The van der Waals surface area contributed by atoms with Crippen LogP contribution in [0, 0.1) is 5.92 Å². The molecule has 2 atom stereocenters. The fourth-order valence-electron chi connectivity index (χ4n) is 1.96. The largest absolute Gasteiger partial charge is 0.393 e. The molecule has 2 aliphatic rings. The smallest absolute Gasteiger partial charge is 0.108 e. The Hall–Kier alpha value is 0.170. The molecule has 2 saturated heterocycles. The number of halogens is 1. The van der Waals surface area contributed by atoms with Crippen molar-refractivity contribution in [3.63, 3.8) is 0 Å². The van der Waals surface area contributed by atoms with Crippen LogP contribution >= 0.6 is 12.4 Å². The lowest BCUT2D eigenvalue weighted by Crippen LogP contribution is -2.39. The molecule has 66 valence electrons. The zero-order valence-electron chi connectivity index (χ0n) is 6.38. The van der Waals surface area contributed by atoms with Gasteiger partial charge in [0.15, 0.2) is 0 Å². The van der Waals surface area contributed by atoms with Crippen molar-refractivity contribution in [2.24, 2.45) is 5.92 Å². The average molecular weight is 180 g/mol. The SMILES string of the molecule is Cl.OC[C@]12CNC[C@H]1CCO2. The lowest BCUT2D eigenvalue weighted by Gasteiger charge is -2.24. The normalized spacial score (nSPS) is 41.7. The van der Waals surface area contributed by atoms with Crippen LogP contribution in [0.2, 0.25) is 0 Å². The molecule has 0 amide bonds. The van der Waals surface area contributed by atoms with Crippen LogP contribution in [0.5, 0.6) is 0 Å². The summed E-state index contributed by atoms with van der Waals surface area (Å²) in [6.45, 7) is 2.84. The van der Waals surface area contributed by atoms with Crippen molar-refractivity contribution in [2.75, 3.05) is 26.3 Å². The van der Waals surface area contributed by atoms with E-state index in [1.54, 1.807) is 0 Å². The molecular weight excluding hydrogens is 166 g/mol. The maximum atomic E-state index is 9.06. The number of aliphatic hydroxyl groups is 1. The summed E-state index contributed by atoms with van der Waals surface area (Å²) >= 11 is 0. The molecule has 11 heavy (non-hydrogen) atoms. The van der Waals surface area contributed by atoms with E-state index in [1.807, 2.05) is 0 Å². The summed E-state index contributed by atoms with van der Waals surface area (Å²) in [5, 5.41) is 12.3. The number of rotatable bonds is 1. The van der Waals surface area contributed by atoms with Gasteiger partial charge in [-0.1, -0.05) is 0 Å². The van der Waals surface area contributed by atoms with E-state index in [-0.39, 0.29) is 24.6 Å². The van der Waals surface area contributed by atoms with Crippen molar-refractivity contribution < 1.29 is 9.84 Å². The minimum Gasteiger partial charge on any atom is -0.393 e. The highest BCUT2D eigenvalue weighted by Gasteiger charge is 2.47. The monoisotopic (exact) mass is 179 g/mol. The highest BCUT2D eigenvalue weighted by molar-refractivity contribution is 5.85. The molecule has 0 saturated carbocycles. The van der Waals surface area contributed by atoms with Gasteiger partial charge in [-0.3, -0.25) is 0 Å². The average Bonchev–Trinajstić information content (AvgIpc) is 2.42. The third kappa shape index (κ3) is 1.26. The first-order valence-electron chi connectivity index (χ1n) is 3.83. The molecule has 2 rings (SSSR count). The molecule has 0 aromatic heterocycles. The quantitative estimate of drug-likeness (QED) is 0.585. The third-order valence-electron chi connectivity index (χ3n) is 2.68. The summed E-state index contributed by atoms with van der Waals surface area (Å²) in [5.74, 6) is 0.553. The van der Waals surface area contributed by atoms with Crippen molar-refractivity contribution in [3.8, 4) is 0 Å². The molecular formula is C7H14ClNO2. The van der Waals surface area contributed by atoms with Gasteiger partial charge >= 0.3 is 0 Å².